The first-order chi connectivity index (χ1) is 14.8. The van der Waals surface area contributed by atoms with Gasteiger partial charge in [-0.2, -0.15) is 0 Å². The van der Waals surface area contributed by atoms with Crippen LogP contribution in [-0.2, 0) is 0 Å². The summed E-state index contributed by atoms with van der Waals surface area (Å²) in [6, 6.07) is 0. The molecule has 0 aromatic rings. The zero-order chi connectivity index (χ0) is 25.6. The normalized spacial score (nSPS) is 28.5. The molecular formula is C33H38. The molecule has 170 valence electrons. The summed E-state index contributed by atoms with van der Waals surface area (Å²) >= 11 is 0. The molecule has 0 aromatic heterocycles. The highest BCUT2D eigenvalue weighted by atomic mass is 14.8. The van der Waals surface area contributed by atoms with E-state index >= 15 is 0 Å². The third-order valence-corrected chi connectivity index (χ3v) is 11.7. The fourth-order valence-corrected chi connectivity index (χ4v) is 6.51. The Hall–Kier alpha value is -2.64. The zero-order valence-corrected chi connectivity index (χ0v) is 22.7. The lowest BCUT2D eigenvalue weighted by atomic mass is 9.94. The van der Waals surface area contributed by atoms with Gasteiger partial charge in [0.25, 0.3) is 0 Å². The van der Waals surface area contributed by atoms with E-state index in [0.29, 0.717) is 0 Å². The van der Waals surface area contributed by atoms with Gasteiger partial charge in [0, 0.05) is 32.5 Å². The van der Waals surface area contributed by atoms with Gasteiger partial charge in [0.2, 0.25) is 0 Å². The second kappa shape index (κ2) is 6.27. The molecule has 3 aliphatic carbocycles. The van der Waals surface area contributed by atoms with E-state index in [-0.39, 0.29) is 32.5 Å². The Kier molecular flexibility index (Phi) is 4.75. The predicted octanol–water partition coefficient (Wildman–Crippen LogP) is 6.42. The molecule has 3 rings (SSSR count). The summed E-state index contributed by atoms with van der Waals surface area (Å²) in [7, 11) is 0. The Balaban J connectivity index is 1.96. The van der Waals surface area contributed by atoms with Gasteiger partial charge in [-0.25, -0.2) is 0 Å². The highest BCUT2D eigenvalue weighted by molar-refractivity contribution is 5.55. The van der Waals surface area contributed by atoms with E-state index in [1.807, 2.05) is 0 Å². The molecule has 0 unspecified atom stereocenters. The van der Waals surface area contributed by atoms with E-state index < -0.39 is 16.2 Å². The van der Waals surface area contributed by atoms with Gasteiger partial charge in [0.1, 0.15) is 16.2 Å². The molecule has 0 atom stereocenters. The van der Waals surface area contributed by atoms with Crippen molar-refractivity contribution in [3.8, 4) is 72.1 Å². The van der Waals surface area contributed by atoms with Crippen LogP contribution in [-0.4, -0.2) is 0 Å². The van der Waals surface area contributed by atoms with Crippen molar-refractivity contribution in [3.63, 3.8) is 0 Å². The van der Waals surface area contributed by atoms with Crippen LogP contribution in [0.25, 0.3) is 0 Å². The Morgan fingerprint density at radius 2 is 0.515 bits per heavy atom. The van der Waals surface area contributed by atoms with Crippen molar-refractivity contribution in [3.05, 3.63) is 0 Å². The maximum atomic E-state index is 5.91. The smallest absolute Gasteiger partial charge is 0.105 e. The van der Waals surface area contributed by atoms with Crippen LogP contribution in [0.5, 0.6) is 0 Å². The molecule has 0 amide bonds. The van der Waals surface area contributed by atoms with Gasteiger partial charge in [-0.05, 0) is 23.7 Å². The minimum Gasteiger partial charge on any atom is -0.118 e. The largest absolute Gasteiger partial charge is 0.118 e. The summed E-state index contributed by atoms with van der Waals surface area (Å²) in [5.74, 6) is 31.8. The summed E-state index contributed by atoms with van der Waals surface area (Å²) in [4.78, 5) is 0. The zero-order valence-electron chi connectivity index (χ0n) is 22.7. The van der Waals surface area contributed by atoms with E-state index in [2.05, 4.69) is 142 Å². The van der Waals surface area contributed by atoms with Crippen LogP contribution in [0.3, 0.4) is 0 Å². The van der Waals surface area contributed by atoms with Gasteiger partial charge < -0.3 is 0 Å². The lowest BCUT2D eigenvalue weighted by Crippen LogP contribution is -2.05. The first-order valence-corrected chi connectivity index (χ1v) is 11.8. The van der Waals surface area contributed by atoms with Crippen molar-refractivity contribution in [1.29, 1.82) is 0 Å². The van der Waals surface area contributed by atoms with Crippen molar-refractivity contribution in [2.24, 2.45) is 48.7 Å². The number of hydrogen-bond acceptors (Lipinski definition) is 0. The molecular weight excluding hydrogens is 396 g/mol. The van der Waals surface area contributed by atoms with Crippen molar-refractivity contribution < 1.29 is 0 Å². The minimum absolute atomic E-state index is 0.0357. The van der Waals surface area contributed by atoms with Crippen molar-refractivity contribution >= 4 is 0 Å². The molecule has 0 aromatic carbocycles. The molecule has 33 heavy (non-hydrogen) atoms. The van der Waals surface area contributed by atoms with E-state index in [1.54, 1.807) is 0 Å². The van der Waals surface area contributed by atoms with Crippen molar-refractivity contribution in [1.82, 2.24) is 0 Å². The molecule has 0 saturated heterocycles. The number of hydrogen-bond donors (Lipinski definition) is 0. The lowest BCUT2D eigenvalue weighted by Gasteiger charge is -2.05. The first-order valence-electron chi connectivity index (χ1n) is 11.8. The van der Waals surface area contributed by atoms with Gasteiger partial charge >= 0.3 is 0 Å². The summed E-state index contributed by atoms with van der Waals surface area (Å²) < 4.78 is 0. The molecule has 0 spiro atoms. The number of rotatable bonds is 0. The van der Waals surface area contributed by atoms with E-state index in [9.17, 15) is 0 Å². The van der Waals surface area contributed by atoms with Gasteiger partial charge in [0.15, 0.2) is 0 Å². The van der Waals surface area contributed by atoms with Crippen LogP contribution >= 0.6 is 0 Å². The Morgan fingerprint density at radius 1 is 0.333 bits per heavy atom. The topological polar surface area (TPSA) is 0 Å². The van der Waals surface area contributed by atoms with Crippen LogP contribution in [0.2, 0.25) is 0 Å². The average Bonchev–Trinajstić information content (AvgIpc) is 3.35. The summed E-state index contributed by atoms with van der Waals surface area (Å²) in [6.07, 6.45) is 11.8. The summed E-state index contributed by atoms with van der Waals surface area (Å²) in [6.45, 7) is 26.3. The SMILES string of the molecule is C#CC1(C#CC#CC2(C#CC#CC3(C#C)C(C)(C)C3(C)C)C(C)(C)C2(C)C)C(C)(C)C1(C)C. The van der Waals surface area contributed by atoms with Crippen LogP contribution in [0.1, 0.15) is 83.1 Å². The van der Waals surface area contributed by atoms with Crippen LogP contribution in [0.15, 0.2) is 0 Å². The Morgan fingerprint density at radius 3 is 0.667 bits per heavy atom. The molecule has 0 aliphatic heterocycles. The second-order valence-electron chi connectivity index (χ2n) is 13.3. The average molecular weight is 435 g/mol. The quantitative estimate of drug-likeness (QED) is 0.386. The molecule has 3 saturated carbocycles. The third kappa shape index (κ3) is 2.37. The van der Waals surface area contributed by atoms with E-state index in [1.165, 1.54) is 0 Å². The molecule has 0 N–H and O–H groups in total. The lowest BCUT2D eigenvalue weighted by molar-refractivity contribution is 0.457. The van der Waals surface area contributed by atoms with Gasteiger partial charge in [0.05, 0.1) is 0 Å². The molecule has 3 fully saturated rings. The summed E-state index contributed by atoms with van der Waals surface area (Å²) in [5.41, 5.74) is -1.66. The Labute approximate surface area is 203 Å². The second-order valence-corrected chi connectivity index (χ2v) is 13.3. The van der Waals surface area contributed by atoms with Crippen LogP contribution in [0.4, 0.5) is 0 Å². The highest BCUT2D eigenvalue weighted by Crippen LogP contribution is 2.79. The maximum absolute atomic E-state index is 5.91. The van der Waals surface area contributed by atoms with Crippen molar-refractivity contribution in [2.75, 3.05) is 0 Å². The van der Waals surface area contributed by atoms with Crippen LogP contribution < -0.4 is 0 Å². The first kappa shape index (κ1) is 25.0. The number of terminal acetylenes is 2. The van der Waals surface area contributed by atoms with Gasteiger partial charge in [-0.1, -0.05) is 119 Å². The molecule has 0 nitrogen and oxygen atoms in total. The monoisotopic (exact) mass is 434 g/mol. The molecule has 0 radical (unpaired) electrons. The highest BCUT2D eigenvalue weighted by Gasteiger charge is 2.78. The van der Waals surface area contributed by atoms with Crippen molar-refractivity contribution in [2.45, 2.75) is 83.1 Å². The minimum atomic E-state index is -0.473. The third-order valence-electron chi connectivity index (χ3n) is 11.7. The van der Waals surface area contributed by atoms with Crippen LogP contribution in [0, 0.1) is 121 Å². The standard InChI is InChI=1S/C33H38/c1-15-31(25(3,4)26(31,5)6)21-17-19-23-33(29(11,12)30(33,13)14)24-20-18-22-32(16-2)27(7,8)28(32,9)10/h1-2H,3-14H3. The van der Waals surface area contributed by atoms with E-state index in [0.717, 1.165) is 0 Å². The predicted molar refractivity (Wildman–Crippen MR) is 139 cm³/mol. The molecule has 0 heterocycles. The summed E-state index contributed by atoms with van der Waals surface area (Å²) in [5, 5.41) is 0. The van der Waals surface area contributed by atoms with Gasteiger partial charge in [-0.15, -0.1) is 12.8 Å². The van der Waals surface area contributed by atoms with Gasteiger partial charge in [-0.3, -0.25) is 0 Å². The molecule has 3 aliphatic rings. The Bertz CT molecular complexity index is 1130. The fourth-order valence-electron chi connectivity index (χ4n) is 6.51. The molecule has 0 heteroatoms. The fraction of sp³-hybridized carbons (Fsp3) is 0.636. The molecule has 0 bridgehead atoms. The van der Waals surface area contributed by atoms with E-state index in [4.69, 9.17) is 12.8 Å². The maximum Gasteiger partial charge on any atom is 0.105 e.